The summed E-state index contributed by atoms with van der Waals surface area (Å²) in [5, 5.41) is 4.91. The largest absolute Gasteiger partial charge is 0.397 e. The first-order valence-electron chi connectivity index (χ1n) is 6.56. The van der Waals surface area contributed by atoms with Gasteiger partial charge in [0.1, 0.15) is 0 Å². The van der Waals surface area contributed by atoms with Crippen molar-refractivity contribution >= 4 is 44.5 Å². The van der Waals surface area contributed by atoms with E-state index in [4.69, 9.17) is 5.73 Å². The van der Waals surface area contributed by atoms with Gasteiger partial charge >= 0.3 is 0 Å². The molecule has 21 heavy (non-hydrogen) atoms. The van der Waals surface area contributed by atoms with Gasteiger partial charge in [0.25, 0.3) is 0 Å². The number of nitrogens with one attached hydrogen (secondary N) is 1. The summed E-state index contributed by atoms with van der Waals surface area (Å²) in [5.74, 6) is -0.0639. The van der Waals surface area contributed by atoms with Crippen LogP contribution in [0.15, 0.2) is 40.2 Å². The predicted molar refractivity (Wildman–Crippen MR) is 92.4 cm³/mol. The summed E-state index contributed by atoms with van der Waals surface area (Å²) in [6.45, 7) is 2.62. The third-order valence-corrected chi connectivity index (χ3v) is 4.97. The molecule has 1 unspecified atom stereocenters. The number of thiophene rings is 1. The lowest BCUT2D eigenvalue weighted by Crippen LogP contribution is -2.39. The Balaban J connectivity index is 1.97. The average molecular weight is 368 g/mol. The molecule has 1 heterocycles. The SMILES string of the molecule is CC(C(=O)Nc1ccccc1N)N(C)Cc1cc(Br)cs1. The van der Waals surface area contributed by atoms with E-state index < -0.39 is 0 Å². The predicted octanol–water partition coefficient (Wildman–Crippen LogP) is 3.55. The number of hydrogen-bond donors (Lipinski definition) is 2. The Bertz CT molecular complexity index is 629. The number of amides is 1. The van der Waals surface area contributed by atoms with Gasteiger partial charge in [0.2, 0.25) is 5.91 Å². The van der Waals surface area contributed by atoms with Crippen molar-refractivity contribution in [2.75, 3.05) is 18.1 Å². The van der Waals surface area contributed by atoms with Crippen molar-refractivity contribution in [2.45, 2.75) is 19.5 Å². The lowest BCUT2D eigenvalue weighted by Gasteiger charge is -2.23. The number of carbonyl (C=O) groups is 1. The minimum absolute atomic E-state index is 0.0639. The van der Waals surface area contributed by atoms with Crippen LogP contribution in [0.4, 0.5) is 11.4 Å². The van der Waals surface area contributed by atoms with Gasteiger partial charge in [-0.25, -0.2) is 0 Å². The van der Waals surface area contributed by atoms with Crippen molar-refractivity contribution in [3.63, 3.8) is 0 Å². The highest BCUT2D eigenvalue weighted by molar-refractivity contribution is 9.10. The second-order valence-corrected chi connectivity index (χ2v) is 6.81. The fraction of sp³-hybridized carbons (Fsp3) is 0.267. The number of hydrogen-bond acceptors (Lipinski definition) is 4. The third-order valence-electron chi connectivity index (χ3n) is 3.29. The van der Waals surface area contributed by atoms with E-state index in [1.807, 2.05) is 36.4 Å². The fourth-order valence-electron chi connectivity index (χ4n) is 1.87. The summed E-state index contributed by atoms with van der Waals surface area (Å²) < 4.78 is 1.07. The van der Waals surface area contributed by atoms with E-state index in [1.54, 1.807) is 23.5 Å². The average Bonchev–Trinajstić information content (AvgIpc) is 2.85. The number of rotatable bonds is 5. The number of benzene rings is 1. The maximum atomic E-state index is 12.3. The molecule has 0 radical (unpaired) electrons. The first-order valence-corrected chi connectivity index (χ1v) is 8.23. The van der Waals surface area contributed by atoms with Crippen LogP contribution in [0.5, 0.6) is 0 Å². The Hall–Kier alpha value is -1.37. The van der Waals surface area contributed by atoms with Gasteiger partial charge in [-0.15, -0.1) is 11.3 Å². The summed E-state index contributed by atoms with van der Waals surface area (Å²) in [7, 11) is 1.94. The van der Waals surface area contributed by atoms with Gasteiger partial charge in [0.05, 0.1) is 17.4 Å². The van der Waals surface area contributed by atoms with Crippen molar-refractivity contribution in [2.24, 2.45) is 0 Å². The molecule has 0 aliphatic rings. The Morgan fingerprint density at radius 2 is 2.19 bits per heavy atom. The zero-order chi connectivity index (χ0) is 15.4. The van der Waals surface area contributed by atoms with Crippen molar-refractivity contribution in [3.8, 4) is 0 Å². The number of nitrogen functional groups attached to an aromatic ring is 1. The molecule has 3 N–H and O–H groups in total. The Kier molecular flexibility index (Phi) is 5.39. The van der Waals surface area contributed by atoms with E-state index in [-0.39, 0.29) is 11.9 Å². The monoisotopic (exact) mass is 367 g/mol. The quantitative estimate of drug-likeness (QED) is 0.794. The van der Waals surface area contributed by atoms with Crippen LogP contribution in [0, 0.1) is 0 Å². The molecule has 1 aromatic heterocycles. The molecule has 2 rings (SSSR count). The summed E-state index contributed by atoms with van der Waals surface area (Å²) in [4.78, 5) is 15.5. The maximum absolute atomic E-state index is 12.3. The molecule has 1 amide bonds. The minimum Gasteiger partial charge on any atom is -0.397 e. The molecule has 6 heteroatoms. The van der Waals surface area contributed by atoms with Gasteiger partial charge < -0.3 is 11.1 Å². The van der Waals surface area contributed by atoms with E-state index in [9.17, 15) is 4.79 Å². The van der Waals surface area contributed by atoms with Gasteiger partial charge in [0.15, 0.2) is 0 Å². The highest BCUT2D eigenvalue weighted by Crippen LogP contribution is 2.22. The highest BCUT2D eigenvalue weighted by atomic mass is 79.9. The van der Waals surface area contributed by atoms with E-state index in [0.717, 1.165) is 11.0 Å². The molecule has 0 fully saturated rings. The summed E-state index contributed by atoms with van der Waals surface area (Å²) in [5.41, 5.74) is 7.07. The number of halogens is 1. The number of para-hydroxylation sites is 2. The zero-order valence-corrected chi connectivity index (χ0v) is 14.4. The second kappa shape index (κ2) is 7.06. The van der Waals surface area contributed by atoms with Crippen molar-refractivity contribution in [1.82, 2.24) is 4.90 Å². The highest BCUT2D eigenvalue weighted by Gasteiger charge is 2.19. The molecule has 0 spiro atoms. The van der Waals surface area contributed by atoms with Crippen LogP contribution >= 0.6 is 27.3 Å². The molecule has 0 saturated heterocycles. The molecule has 2 aromatic rings. The number of nitrogens with zero attached hydrogens (tertiary/aromatic N) is 1. The molecule has 0 aliphatic carbocycles. The lowest BCUT2D eigenvalue weighted by molar-refractivity contribution is -0.120. The second-order valence-electron chi connectivity index (χ2n) is 4.90. The van der Waals surface area contributed by atoms with Gasteiger partial charge in [0, 0.05) is 21.3 Å². The summed E-state index contributed by atoms with van der Waals surface area (Å²) >= 11 is 5.11. The zero-order valence-electron chi connectivity index (χ0n) is 12.0. The van der Waals surface area contributed by atoms with Crippen LogP contribution < -0.4 is 11.1 Å². The maximum Gasteiger partial charge on any atom is 0.241 e. The number of nitrogens with two attached hydrogens (primary N) is 1. The van der Waals surface area contributed by atoms with Crippen LogP contribution in [0.3, 0.4) is 0 Å². The normalized spacial score (nSPS) is 12.4. The Morgan fingerprint density at radius 1 is 1.48 bits per heavy atom. The summed E-state index contributed by atoms with van der Waals surface area (Å²) in [6.07, 6.45) is 0. The van der Waals surface area contributed by atoms with Crippen molar-refractivity contribution < 1.29 is 4.79 Å². The topological polar surface area (TPSA) is 58.4 Å². The molecule has 0 saturated carbocycles. The first-order chi connectivity index (χ1) is 9.97. The number of likely N-dealkylation sites (N-methyl/N-ethyl adjacent to an activating group) is 1. The molecule has 0 aliphatic heterocycles. The molecular weight excluding hydrogens is 350 g/mol. The molecule has 0 bridgehead atoms. The van der Waals surface area contributed by atoms with Crippen LogP contribution in [0.2, 0.25) is 0 Å². The van der Waals surface area contributed by atoms with Gasteiger partial charge in [-0.2, -0.15) is 0 Å². The third kappa shape index (κ3) is 4.30. The van der Waals surface area contributed by atoms with E-state index >= 15 is 0 Å². The Morgan fingerprint density at radius 3 is 2.81 bits per heavy atom. The van der Waals surface area contributed by atoms with E-state index in [2.05, 4.69) is 27.3 Å². The fourth-order valence-corrected chi connectivity index (χ4v) is 3.38. The van der Waals surface area contributed by atoms with Crippen molar-refractivity contribution in [3.05, 3.63) is 45.1 Å². The van der Waals surface area contributed by atoms with Crippen LogP contribution in [0.1, 0.15) is 11.8 Å². The van der Waals surface area contributed by atoms with Crippen LogP contribution in [-0.4, -0.2) is 23.9 Å². The van der Waals surface area contributed by atoms with Crippen LogP contribution in [-0.2, 0) is 11.3 Å². The lowest BCUT2D eigenvalue weighted by atomic mass is 10.2. The first kappa shape index (κ1) is 16.0. The molecule has 1 atom stereocenters. The van der Waals surface area contributed by atoms with Gasteiger partial charge in [-0.05, 0) is 48.1 Å². The Labute approximate surface area is 137 Å². The molecule has 1 aromatic carbocycles. The van der Waals surface area contributed by atoms with E-state index in [1.165, 1.54) is 4.88 Å². The molecular formula is C15H18BrN3OS. The summed E-state index contributed by atoms with van der Waals surface area (Å²) in [6, 6.07) is 9.09. The number of carbonyl (C=O) groups excluding carboxylic acids is 1. The van der Waals surface area contributed by atoms with Gasteiger partial charge in [-0.3, -0.25) is 9.69 Å². The molecule has 4 nitrogen and oxygen atoms in total. The number of anilines is 2. The van der Waals surface area contributed by atoms with Crippen molar-refractivity contribution in [1.29, 1.82) is 0 Å². The van der Waals surface area contributed by atoms with E-state index in [0.29, 0.717) is 11.4 Å². The molecule has 112 valence electrons. The van der Waals surface area contributed by atoms with Crippen LogP contribution in [0.25, 0.3) is 0 Å². The standard InChI is InChI=1S/C15H18BrN3OS/c1-10(19(2)8-12-7-11(16)9-21-12)15(20)18-14-6-4-3-5-13(14)17/h3-7,9-10H,8,17H2,1-2H3,(H,18,20). The van der Waals surface area contributed by atoms with Gasteiger partial charge in [-0.1, -0.05) is 12.1 Å². The minimum atomic E-state index is -0.245. The smallest absolute Gasteiger partial charge is 0.241 e.